The van der Waals surface area contributed by atoms with Crippen LogP contribution >= 0.6 is 0 Å². The van der Waals surface area contributed by atoms with Crippen LogP contribution in [0, 0.1) is 5.92 Å². The first-order chi connectivity index (χ1) is 10.1. The topological polar surface area (TPSA) is 72.2 Å². The Morgan fingerprint density at radius 1 is 1.05 bits per heavy atom. The van der Waals surface area contributed by atoms with Crippen LogP contribution in [-0.4, -0.2) is 11.8 Å². The standard InChI is InChI=1S/C17H22N2O2/c18-14-8-6-13(7-9-14)17(12-4-2-1-3-5-12)11-10-15(20)19-16(17)21/h6-9,12H,1-5,10-11,18H2,(H,19,20,21)/t17-/m0/s1. The van der Waals surface area contributed by atoms with Gasteiger partial charge in [-0.15, -0.1) is 0 Å². The Morgan fingerprint density at radius 3 is 2.33 bits per heavy atom. The lowest BCUT2D eigenvalue weighted by atomic mass is 9.61. The molecule has 1 aromatic rings. The van der Waals surface area contributed by atoms with Crippen LogP contribution in [0.4, 0.5) is 5.69 Å². The van der Waals surface area contributed by atoms with Gasteiger partial charge in [0.25, 0.3) is 0 Å². The smallest absolute Gasteiger partial charge is 0.237 e. The Labute approximate surface area is 125 Å². The number of nitrogen functional groups attached to an aromatic ring is 1. The number of anilines is 1. The normalized spacial score (nSPS) is 27.4. The van der Waals surface area contributed by atoms with Gasteiger partial charge in [0.1, 0.15) is 0 Å². The minimum absolute atomic E-state index is 0.115. The zero-order valence-corrected chi connectivity index (χ0v) is 12.2. The first-order valence-electron chi connectivity index (χ1n) is 7.83. The molecular formula is C17H22N2O2. The second kappa shape index (κ2) is 5.51. The van der Waals surface area contributed by atoms with Crippen LogP contribution < -0.4 is 11.1 Å². The van der Waals surface area contributed by atoms with Crippen molar-refractivity contribution in [1.82, 2.24) is 5.32 Å². The fraction of sp³-hybridized carbons (Fsp3) is 0.529. The molecule has 1 saturated heterocycles. The van der Waals surface area contributed by atoms with E-state index in [1.165, 1.54) is 19.3 Å². The van der Waals surface area contributed by atoms with Gasteiger partial charge >= 0.3 is 0 Å². The van der Waals surface area contributed by atoms with Crippen molar-refractivity contribution in [2.45, 2.75) is 50.4 Å². The van der Waals surface area contributed by atoms with E-state index in [1.807, 2.05) is 24.3 Å². The highest BCUT2D eigenvalue weighted by atomic mass is 16.2. The van der Waals surface area contributed by atoms with Crippen molar-refractivity contribution >= 4 is 17.5 Å². The Bertz CT molecular complexity index is 546. The van der Waals surface area contributed by atoms with Crippen molar-refractivity contribution in [2.75, 3.05) is 5.73 Å². The van der Waals surface area contributed by atoms with Gasteiger partial charge in [-0.1, -0.05) is 31.4 Å². The second-order valence-corrected chi connectivity index (χ2v) is 6.31. The molecule has 0 bridgehead atoms. The number of imide groups is 1. The summed E-state index contributed by atoms with van der Waals surface area (Å²) >= 11 is 0. The summed E-state index contributed by atoms with van der Waals surface area (Å²) in [5, 5.41) is 2.57. The molecule has 112 valence electrons. The molecule has 2 fully saturated rings. The van der Waals surface area contributed by atoms with Crippen molar-refractivity contribution in [3.8, 4) is 0 Å². The van der Waals surface area contributed by atoms with Crippen LogP contribution in [0.5, 0.6) is 0 Å². The fourth-order valence-electron chi connectivity index (χ4n) is 4.00. The highest BCUT2D eigenvalue weighted by Crippen LogP contribution is 2.46. The predicted octanol–water partition coefficient (Wildman–Crippen LogP) is 2.52. The number of hydrogen-bond acceptors (Lipinski definition) is 3. The number of benzene rings is 1. The molecule has 1 aliphatic carbocycles. The van der Waals surface area contributed by atoms with E-state index in [9.17, 15) is 9.59 Å². The summed E-state index contributed by atoms with van der Waals surface area (Å²) in [6.45, 7) is 0. The number of carbonyl (C=O) groups is 2. The minimum Gasteiger partial charge on any atom is -0.399 e. The quantitative estimate of drug-likeness (QED) is 0.648. The molecule has 0 unspecified atom stereocenters. The van der Waals surface area contributed by atoms with E-state index in [4.69, 9.17) is 5.73 Å². The highest BCUT2D eigenvalue weighted by Gasteiger charge is 2.49. The van der Waals surface area contributed by atoms with E-state index in [0.717, 1.165) is 18.4 Å². The molecule has 3 N–H and O–H groups in total. The molecule has 3 rings (SSSR count). The maximum Gasteiger partial charge on any atom is 0.237 e. The summed E-state index contributed by atoms with van der Waals surface area (Å²) in [4.78, 5) is 24.3. The lowest BCUT2D eigenvalue weighted by Crippen LogP contribution is -2.55. The van der Waals surface area contributed by atoms with Gasteiger partial charge in [-0.25, -0.2) is 0 Å². The molecule has 1 heterocycles. The third-order valence-electron chi connectivity index (χ3n) is 5.13. The van der Waals surface area contributed by atoms with Crippen LogP contribution in [0.25, 0.3) is 0 Å². The third-order valence-corrected chi connectivity index (χ3v) is 5.13. The van der Waals surface area contributed by atoms with Gasteiger partial charge < -0.3 is 5.73 Å². The molecule has 0 spiro atoms. The Hall–Kier alpha value is -1.84. The van der Waals surface area contributed by atoms with E-state index in [-0.39, 0.29) is 11.8 Å². The summed E-state index contributed by atoms with van der Waals surface area (Å²) < 4.78 is 0. The van der Waals surface area contributed by atoms with Crippen molar-refractivity contribution < 1.29 is 9.59 Å². The molecule has 0 radical (unpaired) electrons. The van der Waals surface area contributed by atoms with Crippen molar-refractivity contribution in [2.24, 2.45) is 5.92 Å². The maximum atomic E-state index is 12.7. The molecule has 4 nitrogen and oxygen atoms in total. The third kappa shape index (κ3) is 2.43. The fourth-order valence-corrected chi connectivity index (χ4v) is 4.00. The van der Waals surface area contributed by atoms with Crippen molar-refractivity contribution in [3.05, 3.63) is 29.8 Å². The Morgan fingerprint density at radius 2 is 1.71 bits per heavy atom. The first kappa shape index (κ1) is 14.1. The van der Waals surface area contributed by atoms with Gasteiger partial charge in [-0.2, -0.15) is 0 Å². The Kier molecular flexibility index (Phi) is 3.70. The molecule has 1 saturated carbocycles. The van der Waals surface area contributed by atoms with Gasteiger partial charge in [-0.05, 0) is 42.9 Å². The predicted molar refractivity (Wildman–Crippen MR) is 81.5 cm³/mol. The lowest BCUT2D eigenvalue weighted by Gasteiger charge is -2.43. The van der Waals surface area contributed by atoms with Gasteiger partial charge in [-0.3, -0.25) is 14.9 Å². The lowest BCUT2D eigenvalue weighted by molar-refractivity contribution is -0.140. The number of carbonyl (C=O) groups excluding carboxylic acids is 2. The van der Waals surface area contributed by atoms with Gasteiger partial charge in [0.05, 0.1) is 5.41 Å². The van der Waals surface area contributed by atoms with E-state index in [2.05, 4.69) is 5.32 Å². The van der Waals surface area contributed by atoms with Gasteiger partial charge in [0.15, 0.2) is 0 Å². The summed E-state index contributed by atoms with van der Waals surface area (Å²) in [5.74, 6) is 0.0558. The molecule has 4 heteroatoms. The maximum absolute atomic E-state index is 12.7. The highest BCUT2D eigenvalue weighted by molar-refractivity contribution is 6.03. The molecule has 2 aliphatic rings. The summed E-state index contributed by atoms with van der Waals surface area (Å²) in [6.07, 6.45) is 6.75. The minimum atomic E-state index is -0.554. The molecule has 0 aromatic heterocycles. The largest absolute Gasteiger partial charge is 0.399 e. The molecule has 1 aromatic carbocycles. The second-order valence-electron chi connectivity index (χ2n) is 6.31. The number of amides is 2. The number of piperidine rings is 1. The van der Waals surface area contributed by atoms with E-state index >= 15 is 0 Å². The zero-order valence-electron chi connectivity index (χ0n) is 12.2. The number of nitrogens with two attached hydrogens (primary N) is 1. The number of nitrogens with one attached hydrogen (secondary N) is 1. The van der Waals surface area contributed by atoms with E-state index < -0.39 is 5.41 Å². The van der Waals surface area contributed by atoms with Crippen LogP contribution in [0.3, 0.4) is 0 Å². The van der Waals surface area contributed by atoms with Crippen molar-refractivity contribution in [1.29, 1.82) is 0 Å². The molecule has 21 heavy (non-hydrogen) atoms. The van der Waals surface area contributed by atoms with Gasteiger partial charge in [0.2, 0.25) is 11.8 Å². The molecule has 1 atom stereocenters. The number of rotatable bonds is 2. The number of hydrogen-bond donors (Lipinski definition) is 2. The van der Waals surface area contributed by atoms with Crippen LogP contribution in [0.15, 0.2) is 24.3 Å². The average molecular weight is 286 g/mol. The van der Waals surface area contributed by atoms with E-state index in [1.54, 1.807) is 0 Å². The molecule has 1 aliphatic heterocycles. The molecular weight excluding hydrogens is 264 g/mol. The Balaban J connectivity index is 2.03. The van der Waals surface area contributed by atoms with Crippen LogP contribution in [0.1, 0.15) is 50.5 Å². The van der Waals surface area contributed by atoms with E-state index in [0.29, 0.717) is 24.4 Å². The molecule has 2 amide bonds. The first-order valence-corrected chi connectivity index (χ1v) is 7.83. The van der Waals surface area contributed by atoms with Crippen LogP contribution in [-0.2, 0) is 15.0 Å². The summed E-state index contributed by atoms with van der Waals surface area (Å²) in [7, 11) is 0. The van der Waals surface area contributed by atoms with Crippen LogP contribution in [0.2, 0.25) is 0 Å². The average Bonchev–Trinajstić information content (AvgIpc) is 2.50. The van der Waals surface area contributed by atoms with Crippen molar-refractivity contribution in [3.63, 3.8) is 0 Å². The zero-order chi connectivity index (χ0) is 14.9. The van der Waals surface area contributed by atoms with Gasteiger partial charge in [0, 0.05) is 12.1 Å². The summed E-state index contributed by atoms with van der Waals surface area (Å²) in [5.41, 5.74) is 6.93. The monoisotopic (exact) mass is 286 g/mol. The SMILES string of the molecule is Nc1ccc([C@@]2(C3CCCCC3)CCC(=O)NC2=O)cc1. The summed E-state index contributed by atoms with van der Waals surface area (Å²) in [6, 6.07) is 7.62.